The van der Waals surface area contributed by atoms with Crippen molar-refractivity contribution in [3.8, 4) is 0 Å². The normalized spacial score (nSPS) is 14.1. The molecular weight excluding hydrogens is 328 g/mol. The number of hydrogen-bond acceptors (Lipinski definition) is 3. The molecule has 3 N–H and O–H groups in total. The molecule has 0 fully saturated rings. The quantitative estimate of drug-likeness (QED) is 0.617. The lowest BCUT2D eigenvalue weighted by Crippen LogP contribution is -2.29. The van der Waals surface area contributed by atoms with E-state index in [4.69, 9.17) is 5.84 Å². The summed E-state index contributed by atoms with van der Waals surface area (Å²) in [4.78, 5) is 0. The standard InChI is InChI=1S/C16H23BrN4/c1-4-12(3)21-6-5-15(20-21)10-16(19-18)13-7-11(2)8-14(17)9-13/h5-9,12,16,19H,4,10,18H2,1-3H3. The first kappa shape index (κ1) is 16.2. The fourth-order valence-corrected chi connectivity index (χ4v) is 2.99. The summed E-state index contributed by atoms with van der Waals surface area (Å²) < 4.78 is 3.10. The average Bonchev–Trinajstić information content (AvgIpc) is 2.91. The molecule has 114 valence electrons. The predicted molar refractivity (Wildman–Crippen MR) is 89.9 cm³/mol. The summed E-state index contributed by atoms with van der Waals surface area (Å²) in [6, 6.07) is 8.90. The first-order chi connectivity index (χ1) is 10.0. The van der Waals surface area contributed by atoms with Crippen molar-refractivity contribution in [3.05, 3.63) is 51.8 Å². The van der Waals surface area contributed by atoms with Gasteiger partial charge in [0, 0.05) is 23.1 Å². The summed E-state index contributed by atoms with van der Waals surface area (Å²) >= 11 is 3.54. The Morgan fingerprint density at radius 3 is 2.76 bits per heavy atom. The van der Waals surface area contributed by atoms with Crippen LogP contribution in [0.2, 0.25) is 0 Å². The Morgan fingerprint density at radius 1 is 1.38 bits per heavy atom. The summed E-state index contributed by atoms with van der Waals surface area (Å²) in [6.07, 6.45) is 3.89. The summed E-state index contributed by atoms with van der Waals surface area (Å²) in [5.41, 5.74) is 6.34. The van der Waals surface area contributed by atoms with Gasteiger partial charge < -0.3 is 0 Å². The molecule has 0 aliphatic carbocycles. The molecule has 5 heteroatoms. The van der Waals surface area contributed by atoms with Gasteiger partial charge in [-0.1, -0.05) is 28.9 Å². The van der Waals surface area contributed by atoms with Crippen molar-refractivity contribution < 1.29 is 0 Å². The van der Waals surface area contributed by atoms with Crippen molar-refractivity contribution in [3.63, 3.8) is 0 Å². The lowest BCUT2D eigenvalue weighted by Gasteiger charge is -2.16. The van der Waals surface area contributed by atoms with Crippen LogP contribution in [0.5, 0.6) is 0 Å². The van der Waals surface area contributed by atoms with E-state index >= 15 is 0 Å². The highest BCUT2D eigenvalue weighted by Crippen LogP contribution is 2.23. The van der Waals surface area contributed by atoms with Crippen LogP contribution in [0, 0.1) is 6.92 Å². The lowest BCUT2D eigenvalue weighted by atomic mass is 10.0. The highest BCUT2D eigenvalue weighted by atomic mass is 79.9. The van der Waals surface area contributed by atoms with Crippen LogP contribution in [0.25, 0.3) is 0 Å². The Kier molecular flexibility index (Phi) is 5.56. The minimum atomic E-state index is 0.0569. The van der Waals surface area contributed by atoms with Crippen LogP contribution in [0.4, 0.5) is 0 Å². The Labute approximate surface area is 134 Å². The van der Waals surface area contributed by atoms with Gasteiger partial charge in [0.25, 0.3) is 0 Å². The summed E-state index contributed by atoms with van der Waals surface area (Å²) in [5.74, 6) is 5.75. The summed E-state index contributed by atoms with van der Waals surface area (Å²) in [5, 5.41) is 4.65. The van der Waals surface area contributed by atoms with Crippen molar-refractivity contribution in [1.82, 2.24) is 15.2 Å². The molecule has 1 aromatic heterocycles. The molecule has 2 unspecified atom stereocenters. The number of aryl methyl sites for hydroxylation is 1. The second kappa shape index (κ2) is 7.20. The molecule has 0 saturated heterocycles. The Balaban J connectivity index is 2.17. The number of benzene rings is 1. The lowest BCUT2D eigenvalue weighted by molar-refractivity contribution is 0.467. The zero-order chi connectivity index (χ0) is 15.4. The zero-order valence-electron chi connectivity index (χ0n) is 12.8. The van der Waals surface area contributed by atoms with E-state index in [1.165, 1.54) is 11.1 Å². The molecule has 0 radical (unpaired) electrons. The molecule has 0 amide bonds. The van der Waals surface area contributed by atoms with E-state index < -0.39 is 0 Å². The van der Waals surface area contributed by atoms with Gasteiger partial charge in [0.2, 0.25) is 0 Å². The SMILES string of the molecule is CCC(C)n1ccc(CC(NN)c2cc(C)cc(Br)c2)n1. The van der Waals surface area contributed by atoms with Gasteiger partial charge in [-0.2, -0.15) is 5.10 Å². The number of halogens is 1. The maximum Gasteiger partial charge on any atom is 0.0644 e. The molecule has 0 aliphatic heterocycles. The first-order valence-corrected chi connectivity index (χ1v) is 8.10. The van der Waals surface area contributed by atoms with Crippen molar-refractivity contribution in [2.24, 2.45) is 5.84 Å². The molecule has 1 aromatic carbocycles. The number of nitrogens with zero attached hydrogens (tertiary/aromatic N) is 2. The number of hydrogen-bond donors (Lipinski definition) is 2. The van der Waals surface area contributed by atoms with Gasteiger partial charge in [-0.15, -0.1) is 0 Å². The first-order valence-electron chi connectivity index (χ1n) is 7.30. The van der Waals surface area contributed by atoms with Crippen molar-refractivity contribution >= 4 is 15.9 Å². The predicted octanol–water partition coefficient (Wildman–Crippen LogP) is 3.67. The number of aromatic nitrogens is 2. The van der Waals surface area contributed by atoms with E-state index in [-0.39, 0.29) is 6.04 Å². The van der Waals surface area contributed by atoms with E-state index in [0.717, 1.165) is 23.0 Å². The van der Waals surface area contributed by atoms with Gasteiger partial charge in [0.1, 0.15) is 0 Å². The van der Waals surface area contributed by atoms with E-state index in [2.05, 4.69) is 71.5 Å². The van der Waals surface area contributed by atoms with Gasteiger partial charge in [-0.25, -0.2) is 0 Å². The van der Waals surface area contributed by atoms with Crippen LogP contribution in [0.3, 0.4) is 0 Å². The molecule has 0 aliphatic rings. The minimum Gasteiger partial charge on any atom is -0.271 e. The van der Waals surface area contributed by atoms with E-state index in [9.17, 15) is 0 Å². The van der Waals surface area contributed by atoms with Crippen LogP contribution in [0.15, 0.2) is 34.9 Å². The highest BCUT2D eigenvalue weighted by Gasteiger charge is 2.14. The van der Waals surface area contributed by atoms with Crippen LogP contribution in [0.1, 0.15) is 49.2 Å². The van der Waals surface area contributed by atoms with E-state index in [1.807, 2.05) is 10.9 Å². The topological polar surface area (TPSA) is 55.9 Å². The second-order valence-electron chi connectivity index (χ2n) is 5.53. The van der Waals surface area contributed by atoms with Crippen LogP contribution < -0.4 is 11.3 Å². The molecule has 0 bridgehead atoms. The Bertz CT molecular complexity index is 573. The Morgan fingerprint density at radius 2 is 2.14 bits per heavy atom. The maximum absolute atomic E-state index is 5.75. The largest absolute Gasteiger partial charge is 0.271 e. The van der Waals surface area contributed by atoms with Crippen molar-refractivity contribution in [2.75, 3.05) is 0 Å². The van der Waals surface area contributed by atoms with Crippen LogP contribution in [-0.4, -0.2) is 9.78 Å². The maximum atomic E-state index is 5.75. The van der Waals surface area contributed by atoms with Gasteiger partial charge in [0.05, 0.1) is 11.7 Å². The zero-order valence-corrected chi connectivity index (χ0v) is 14.4. The van der Waals surface area contributed by atoms with Crippen molar-refractivity contribution in [1.29, 1.82) is 0 Å². The van der Waals surface area contributed by atoms with E-state index in [1.54, 1.807) is 0 Å². The summed E-state index contributed by atoms with van der Waals surface area (Å²) in [7, 11) is 0. The number of rotatable bonds is 6. The Hall–Kier alpha value is -1.17. The molecule has 2 atom stereocenters. The third-order valence-electron chi connectivity index (χ3n) is 3.79. The molecule has 0 saturated carbocycles. The number of hydrazine groups is 1. The molecule has 4 nitrogen and oxygen atoms in total. The van der Waals surface area contributed by atoms with Crippen LogP contribution >= 0.6 is 15.9 Å². The molecule has 1 heterocycles. The van der Waals surface area contributed by atoms with Gasteiger partial charge in [-0.3, -0.25) is 16.0 Å². The molecule has 2 rings (SSSR count). The monoisotopic (exact) mass is 350 g/mol. The average molecular weight is 351 g/mol. The fourth-order valence-electron chi connectivity index (χ4n) is 2.37. The van der Waals surface area contributed by atoms with Gasteiger partial charge in [0.15, 0.2) is 0 Å². The highest BCUT2D eigenvalue weighted by molar-refractivity contribution is 9.10. The third kappa shape index (κ3) is 4.15. The minimum absolute atomic E-state index is 0.0569. The summed E-state index contributed by atoms with van der Waals surface area (Å²) in [6.45, 7) is 6.42. The number of nitrogens with one attached hydrogen (secondary N) is 1. The third-order valence-corrected chi connectivity index (χ3v) is 4.25. The number of nitrogens with two attached hydrogens (primary N) is 1. The smallest absolute Gasteiger partial charge is 0.0644 e. The van der Waals surface area contributed by atoms with E-state index in [0.29, 0.717) is 6.04 Å². The van der Waals surface area contributed by atoms with Gasteiger partial charge in [-0.05, 0) is 49.6 Å². The van der Waals surface area contributed by atoms with Crippen LogP contribution in [-0.2, 0) is 6.42 Å². The van der Waals surface area contributed by atoms with Crippen molar-refractivity contribution in [2.45, 2.75) is 45.7 Å². The molecule has 0 spiro atoms. The second-order valence-corrected chi connectivity index (χ2v) is 6.45. The fraction of sp³-hybridized carbons (Fsp3) is 0.438. The van der Waals surface area contributed by atoms with Gasteiger partial charge >= 0.3 is 0 Å². The molecule has 2 aromatic rings. The molecular formula is C16H23BrN4. The molecule has 21 heavy (non-hydrogen) atoms.